The lowest BCUT2D eigenvalue weighted by atomic mass is 9.92. The highest BCUT2D eigenvalue weighted by atomic mass is 32.1. The highest BCUT2D eigenvalue weighted by Crippen LogP contribution is 2.48. The lowest BCUT2D eigenvalue weighted by Gasteiger charge is -2.34. The summed E-state index contributed by atoms with van der Waals surface area (Å²) in [5, 5.41) is 9.15. The van der Waals surface area contributed by atoms with Crippen LogP contribution < -0.4 is 15.4 Å². The van der Waals surface area contributed by atoms with E-state index in [0.29, 0.717) is 30.7 Å². The van der Waals surface area contributed by atoms with Gasteiger partial charge in [0.2, 0.25) is 5.91 Å². The molecule has 4 aromatic rings. The molecule has 2 aromatic heterocycles. The number of carbonyl (C=O) groups excluding carboxylic acids is 1. The van der Waals surface area contributed by atoms with Crippen molar-refractivity contribution in [2.45, 2.75) is 55.7 Å². The second-order valence-electron chi connectivity index (χ2n) is 13.7. The number of amides is 1. The topological polar surface area (TPSA) is 121 Å². The van der Waals surface area contributed by atoms with E-state index in [4.69, 9.17) is 15.2 Å². The first-order chi connectivity index (χ1) is 25.2. The lowest BCUT2D eigenvalue weighted by Crippen LogP contribution is -2.48. The Morgan fingerprint density at radius 1 is 1.28 bits per heavy atom. The van der Waals surface area contributed by atoms with Crippen LogP contribution in [0.2, 0.25) is 0 Å². The van der Waals surface area contributed by atoms with Gasteiger partial charge in [-0.1, -0.05) is 12.6 Å². The Bertz CT molecular complexity index is 2170. The van der Waals surface area contributed by atoms with Gasteiger partial charge >= 0.3 is 12.2 Å². The predicted octanol–water partition coefficient (Wildman–Crippen LogP) is 6.46. The van der Waals surface area contributed by atoms with Gasteiger partial charge in [-0.2, -0.15) is 28.4 Å². The molecule has 5 heterocycles. The number of nitriles is 1. The van der Waals surface area contributed by atoms with Gasteiger partial charge in [-0.3, -0.25) is 9.69 Å². The van der Waals surface area contributed by atoms with E-state index in [1.165, 1.54) is 7.11 Å². The first-order valence-corrected chi connectivity index (χ1v) is 17.7. The monoisotopic (exact) mass is 759 g/mol. The standard InChI is InChI=1S/C36H35F6N7O3S/c1-4-26(50)49-11-8-24(25(49)16-51-3)47(2)33-20-12-22(36(40,41)42)28(19-6-7-23(38)31-27(19)21(14-43)32(44)53-31)29(39)30(20)45-34(46-33)52-17-35-9-5-10-48(35)15-18(37)13-35/h4,6-7,12,18,24-25H,1,5,8-11,13,15-17,44H2,2-3H3/t18-,24?,25?,35+/m1/s1. The number of methoxy groups -OCH3 is 1. The van der Waals surface area contributed by atoms with Gasteiger partial charge in [0.25, 0.3) is 0 Å². The van der Waals surface area contributed by atoms with Gasteiger partial charge in [0, 0.05) is 50.0 Å². The first kappa shape index (κ1) is 36.7. The molecule has 3 aliphatic heterocycles. The molecule has 10 nitrogen and oxygen atoms in total. The quantitative estimate of drug-likeness (QED) is 0.152. The number of hydrogen-bond acceptors (Lipinski definition) is 10. The number of nitrogen functional groups attached to an aromatic ring is 1. The molecule has 3 aliphatic rings. The zero-order valence-electron chi connectivity index (χ0n) is 28.8. The highest BCUT2D eigenvalue weighted by Gasteiger charge is 2.50. The maximum atomic E-state index is 17.2. The number of alkyl halides is 4. The number of thiophene rings is 1. The van der Waals surface area contributed by atoms with E-state index < -0.39 is 63.8 Å². The van der Waals surface area contributed by atoms with Gasteiger partial charge in [-0.15, -0.1) is 11.3 Å². The van der Waals surface area contributed by atoms with Gasteiger partial charge in [0.1, 0.15) is 41.0 Å². The number of nitrogens with zero attached hydrogens (tertiary/aromatic N) is 6. The smallest absolute Gasteiger partial charge is 0.417 e. The van der Waals surface area contributed by atoms with Crippen LogP contribution in [0.4, 0.5) is 37.2 Å². The fourth-order valence-electron chi connectivity index (χ4n) is 8.38. The molecule has 7 rings (SSSR count). The van der Waals surface area contributed by atoms with Crippen LogP contribution in [-0.4, -0.2) is 96.5 Å². The average molecular weight is 760 g/mol. The minimum atomic E-state index is -5.15. The van der Waals surface area contributed by atoms with Crippen LogP contribution >= 0.6 is 11.3 Å². The molecule has 2 unspecified atom stereocenters. The average Bonchev–Trinajstić information content (AvgIpc) is 3.87. The van der Waals surface area contributed by atoms with Crippen molar-refractivity contribution in [2.24, 2.45) is 0 Å². The first-order valence-electron chi connectivity index (χ1n) is 16.9. The van der Waals surface area contributed by atoms with Gasteiger partial charge < -0.3 is 25.0 Å². The highest BCUT2D eigenvalue weighted by molar-refractivity contribution is 7.23. The SMILES string of the molecule is C=CC(=O)N1CCC(N(C)c2nc(OC[C@@]34CCCN3C[C@H](F)C4)nc3c(F)c(-c4ccc(F)c5sc(N)c(C#N)c45)c(C(F)(F)F)cc23)C1COC. The second kappa shape index (κ2) is 13.6. The molecule has 1 amide bonds. The summed E-state index contributed by atoms with van der Waals surface area (Å²) < 4.78 is 103. The zero-order chi connectivity index (χ0) is 38.0. The Morgan fingerprint density at radius 3 is 2.75 bits per heavy atom. The molecule has 3 saturated heterocycles. The van der Waals surface area contributed by atoms with Crippen LogP contribution in [0.5, 0.6) is 6.01 Å². The van der Waals surface area contributed by atoms with Gasteiger partial charge in [-0.25, -0.2) is 13.2 Å². The maximum Gasteiger partial charge on any atom is 0.417 e. The Kier molecular flexibility index (Phi) is 9.44. The third-order valence-corrected chi connectivity index (χ3v) is 11.8. The number of nitrogens with two attached hydrogens (primary N) is 1. The third-order valence-electron chi connectivity index (χ3n) is 10.8. The summed E-state index contributed by atoms with van der Waals surface area (Å²) >= 11 is 0.667. The molecular weight excluding hydrogens is 724 g/mol. The van der Waals surface area contributed by atoms with Crippen molar-refractivity contribution < 1.29 is 40.6 Å². The van der Waals surface area contributed by atoms with Gasteiger partial charge in [0.05, 0.1) is 40.1 Å². The molecule has 3 fully saturated rings. The molecular formula is C36H35F6N7O3S. The van der Waals surface area contributed by atoms with E-state index in [9.17, 15) is 18.8 Å². The van der Waals surface area contributed by atoms with Crippen molar-refractivity contribution in [3.63, 3.8) is 0 Å². The summed E-state index contributed by atoms with van der Waals surface area (Å²) in [6.45, 7) is 4.77. The molecule has 17 heteroatoms. The Hall–Kier alpha value is -4.66. The lowest BCUT2D eigenvalue weighted by molar-refractivity contribution is -0.137. The summed E-state index contributed by atoms with van der Waals surface area (Å²) in [6.07, 6.45) is -3.05. The molecule has 2 aromatic carbocycles. The Labute approximate surface area is 304 Å². The number of benzene rings is 2. The van der Waals surface area contributed by atoms with Crippen LogP contribution in [0.15, 0.2) is 30.9 Å². The molecule has 0 bridgehead atoms. The number of hydrogen-bond donors (Lipinski definition) is 1. The minimum Gasteiger partial charge on any atom is -0.461 e. The van der Waals surface area contributed by atoms with E-state index in [2.05, 4.69) is 16.5 Å². The number of likely N-dealkylation sites (N-methyl/N-ethyl adjacent to an activating group) is 1. The van der Waals surface area contributed by atoms with Crippen LogP contribution in [0.1, 0.15) is 36.8 Å². The number of anilines is 2. The van der Waals surface area contributed by atoms with Gasteiger partial charge in [0.15, 0.2) is 5.82 Å². The van der Waals surface area contributed by atoms with Crippen LogP contribution in [-0.2, 0) is 15.7 Å². The number of fused-ring (bicyclic) bond motifs is 3. The third kappa shape index (κ3) is 6.10. The number of likely N-dealkylation sites (tertiary alicyclic amines) is 1. The summed E-state index contributed by atoms with van der Waals surface area (Å²) in [7, 11) is 3.02. The number of carbonyl (C=O) groups is 1. The fraction of sp³-hybridized carbons (Fsp3) is 0.444. The van der Waals surface area contributed by atoms with E-state index >= 15 is 17.6 Å². The molecule has 2 N–H and O–H groups in total. The molecule has 0 radical (unpaired) electrons. The Morgan fingerprint density at radius 2 is 2.06 bits per heavy atom. The maximum absolute atomic E-state index is 17.2. The number of halogens is 6. The largest absolute Gasteiger partial charge is 0.461 e. The van der Waals surface area contributed by atoms with E-state index in [1.807, 2.05) is 11.0 Å². The summed E-state index contributed by atoms with van der Waals surface area (Å²) in [5.74, 6) is -2.73. The van der Waals surface area contributed by atoms with Crippen LogP contribution in [0.25, 0.3) is 32.1 Å². The van der Waals surface area contributed by atoms with E-state index in [1.54, 1.807) is 16.8 Å². The van der Waals surface area contributed by atoms with E-state index in [-0.39, 0.29) is 76.5 Å². The molecule has 0 aliphatic carbocycles. The van der Waals surface area contributed by atoms with Crippen molar-refractivity contribution in [3.8, 4) is 23.2 Å². The Balaban J connectivity index is 1.45. The van der Waals surface area contributed by atoms with Crippen molar-refractivity contribution in [2.75, 3.05) is 57.6 Å². The number of rotatable bonds is 9. The molecule has 4 atom stereocenters. The van der Waals surface area contributed by atoms with Crippen molar-refractivity contribution >= 4 is 49.1 Å². The summed E-state index contributed by atoms with van der Waals surface area (Å²) in [5.41, 5.74) is 1.72. The summed E-state index contributed by atoms with van der Waals surface area (Å²) in [4.78, 5) is 26.7. The second-order valence-corrected chi connectivity index (χ2v) is 14.7. The normalized spacial score (nSPS) is 23.2. The molecule has 280 valence electrons. The van der Waals surface area contributed by atoms with Crippen molar-refractivity contribution in [3.05, 3.63) is 53.6 Å². The predicted molar refractivity (Wildman–Crippen MR) is 187 cm³/mol. The zero-order valence-corrected chi connectivity index (χ0v) is 29.6. The van der Waals surface area contributed by atoms with Gasteiger partial charge in [-0.05, 0) is 49.6 Å². The van der Waals surface area contributed by atoms with Crippen molar-refractivity contribution in [1.82, 2.24) is 19.8 Å². The van der Waals surface area contributed by atoms with Crippen LogP contribution in [0, 0.1) is 23.0 Å². The fourth-order valence-corrected chi connectivity index (χ4v) is 9.33. The molecule has 0 saturated carbocycles. The number of ether oxygens (including phenoxy) is 2. The summed E-state index contributed by atoms with van der Waals surface area (Å²) in [6, 6.07) is 2.93. The van der Waals surface area contributed by atoms with Crippen LogP contribution in [0.3, 0.4) is 0 Å². The van der Waals surface area contributed by atoms with Crippen molar-refractivity contribution in [1.29, 1.82) is 5.26 Å². The number of aromatic nitrogens is 2. The van der Waals surface area contributed by atoms with E-state index in [0.717, 1.165) is 30.7 Å². The minimum absolute atomic E-state index is 0.0488. The molecule has 0 spiro atoms. The molecule has 53 heavy (non-hydrogen) atoms.